The predicted molar refractivity (Wildman–Crippen MR) is 87.0 cm³/mol. The van der Waals surface area contributed by atoms with Crippen LogP contribution in [0.15, 0.2) is 23.9 Å². The van der Waals surface area contributed by atoms with Gasteiger partial charge in [-0.3, -0.25) is 14.5 Å². The van der Waals surface area contributed by atoms with Crippen LogP contribution in [-0.2, 0) is 14.3 Å². The van der Waals surface area contributed by atoms with E-state index in [0.717, 1.165) is 4.90 Å². The molecule has 2 rings (SSSR count). The van der Waals surface area contributed by atoms with Gasteiger partial charge in [0.1, 0.15) is 12.2 Å². The first-order valence-corrected chi connectivity index (χ1v) is 7.05. The number of methoxy groups -OCH3 is 3. The van der Waals surface area contributed by atoms with E-state index in [4.69, 9.17) is 21.7 Å². The maximum absolute atomic E-state index is 12.4. The number of carbonyl (C=O) groups is 2. The Kier molecular flexibility index (Phi) is 5.17. The van der Waals surface area contributed by atoms with Crippen LogP contribution in [0.25, 0.3) is 6.08 Å². The van der Waals surface area contributed by atoms with Gasteiger partial charge in [-0.25, -0.2) is 0 Å². The molecule has 0 atom stereocenters. The van der Waals surface area contributed by atoms with Gasteiger partial charge >= 0.3 is 5.97 Å². The molecule has 1 N–H and O–H groups in total. The van der Waals surface area contributed by atoms with Crippen molar-refractivity contribution in [3.8, 4) is 11.5 Å². The van der Waals surface area contributed by atoms with E-state index < -0.39 is 11.9 Å². The van der Waals surface area contributed by atoms with Crippen molar-refractivity contribution in [3.05, 3.63) is 29.5 Å². The van der Waals surface area contributed by atoms with Gasteiger partial charge in [-0.2, -0.15) is 0 Å². The normalized spacial score (nSPS) is 15.6. The quantitative estimate of drug-likeness (QED) is 0.487. The number of benzene rings is 1. The molecule has 1 aliphatic rings. The second-order valence-electron chi connectivity index (χ2n) is 4.54. The summed E-state index contributed by atoms with van der Waals surface area (Å²) in [4.78, 5) is 24.8. The standard InChI is InChI=1S/C15H16N2O5S/c1-20-11-6-4-5-9(13(11)22-3)7-10-14(19)17(15(23)16-10)8-12(18)21-2/h4-7H,8H2,1-3H3,(H,16,23)/b10-7-. The van der Waals surface area contributed by atoms with Crippen molar-refractivity contribution in [1.29, 1.82) is 0 Å². The highest BCUT2D eigenvalue weighted by Crippen LogP contribution is 2.32. The number of nitrogens with one attached hydrogen (secondary N) is 1. The number of rotatable bonds is 5. The summed E-state index contributed by atoms with van der Waals surface area (Å²) >= 11 is 5.08. The van der Waals surface area contributed by atoms with Gasteiger partial charge < -0.3 is 19.5 Å². The Morgan fingerprint density at radius 2 is 2.04 bits per heavy atom. The summed E-state index contributed by atoms with van der Waals surface area (Å²) in [5.41, 5.74) is 0.885. The summed E-state index contributed by atoms with van der Waals surface area (Å²) in [7, 11) is 4.29. The van der Waals surface area contributed by atoms with Crippen LogP contribution in [0.2, 0.25) is 0 Å². The van der Waals surface area contributed by atoms with E-state index in [1.807, 2.05) is 0 Å². The fourth-order valence-corrected chi connectivity index (χ4v) is 2.35. The first kappa shape index (κ1) is 16.8. The van der Waals surface area contributed by atoms with Gasteiger partial charge in [-0.15, -0.1) is 0 Å². The van der Waals surface area contributed by atoms with Gasteiger partial charge in [0.25, 0.3) is 5.91 Å². The predicted octanol–water partition coefficient (Wildman–Crippen LogP) is 0.934. The molecule has 122 valence electrons. The van der Waals surface area contributed by atoms with E-state index in [-0.39, 0.29) is 17.4 Å². The lowest BCUT2D eigenvalue weighted by Gasteiger charge is -2.11. The van der Waals surface area contributed by atoms with Crippen molar-refractivity contribution in [2.45, 2.75) is 0 Å². The first-order valence-electron chi connectivity index (χ1n) is 6.64. The summed E-state index contributed by atoms with van der Waals surface area (Å²) in [5.74, 6) is 0.0729. The number of thiocarbonyl (C=S) groups is 1. The molecule has 0 saturated carbocycles. The topological polar surface area (TPSA) is 77.1 Å². The molecule has 8 heteroatoms. The minimum Gasteiger partial charge on any atom is -0.493 e. The number of para-hydroxylation sites is 1. The van der Waals surface area contributed by atoms with Gasteiger partial charge in [0.05, 0.1) is 21.3 Å². The highest BCUT2D eigenvalue weighted by atomic mass is 32.1. The van der Waals surface area contributed by atoms with Crippen molar-refractivity contribution < 1.29 is 23.8 Å². The zero-order valence-corrected chi connectivity index (χ0v) is 13.7. The number of amides is 1. The van der Waals surface area contributed by atoms with Crippen LogP contribution in [0.5, 0.6) is 11.5 Å². The molecule has 7 nitrogen and oxygen atoms in total. The maximum atomic E-state index is 12.4. The zero-order chi connectivity index (χ0) is 17.0. The third-order valence-corrected chi connectivity index (χ3v) is 3.53. The lowest BCUT2D eigenvalue weighted by atomic mass is 10.1. The van der Waals surface area contributed by atoms with E-state index in [0.29, 0.717) is 17.1 Å². The summed E-state index contributed by atoms with van der Waals surface area (Å²) < 4.78 is 15.1. The van der Waals surface area contributed by atoms with Crippen molar-refractivity contribution in [1.82, 2.24) is 10.2 Å². The molecule has 23 heavy (non-hydrogen) atoms. The minimum absolute atomic E-state index is 0.147. The van der Waals surface area contributed by atoms with E-state index in [2.05, 4.69) is 10.1 Å². The fraction of sp³-hybridized carbons (Fsp3) is 0.267. The third-order valence-electron chi connectivity index (χ3n) is 3.21. The Morgan fingerprint density at radius 3 is 2.65 bits per heavy atom. The summed E-state index contributed by atoms with van der Waals surface area (Å²) in [6.45, 7) is -0.242. The molecule has 0 spiro atoms. The molecule has 1 aliphatic heterocycles. The monoisotopic (exact) mass is 336 g/mol. The molecule has 0 radical (unpaired) electrons. The lowest BCUT2D eigenvalue weighted by molar-refractivity contribution is -0.143. The highest BCUT2D eigenvalue weighted by Gasteiger charge is 2.32. The smallest absolute Gasteiger partial charge is 0.325 e. The van der Waals surface area contributed by atoms with Crippen LogP contribution in [0.1, 0.15) is 5.56 Å². The zero-order valence-electron chi connectivity index (χ0n) is 12.9. The minimum atomic E-state index is -0.553. The number of ether oxygens (including phenoxy) is 3. The molecule has 1 heterocycles. The Balaban J connectivity index is 2.33. The SMILES string of the molecule is COC(=O)CN1C(=O)/C(=C/c2cccc(OC)c2OC)NC1=S. The van der Waals surface area contributed by atoms with Gasteiger partial charge in [0.2, 0.25) is 0 Å². The molecular weight excluding hydrogens is 320 g/mol. The Bertz CT molecular complexity index is 686. The van der Waals surface area contributed by atoms with Crippen molar-refractivity contribution in [2.75, 3.05) is 27.9 Å². The van der Waals surface area contributed by atoms with E-state index in [1.54, 1.807) is 24.3 Å². The number of carbonyl (C=O) groups excluding carboxylic acids is 2. The molecule has 1 amide bonds. The second kappa shape index (κ2) is 7.10. The third kappa shape index (κ3) is 3.42. The molecule has 0 bridgehead atoms. The van der Waals surface area contributed by atoms with Crippen LogP contribution < -0.4 is 14.8 Å². The van der Waals surface area contributed by atoms with Gasteiger partial charge in [0, 0.05) is 5.56 Å². The lowest BCUT2D eigenvalue weighted by Crippen LogP contribution is -2.35. The molecule has 0 unspecified atom stereocenters. The summed E-state index contributed by atoms with van der Waals surface area (Å²) in [6, 6.07) is 5.30. The van der Waals surface area contributed by atoms with Crippen LogP contribution in [0.4, 0.5) is 0 Å². The molecule has 0 aromatic heterocycles. The van der Waals surface area contributed by atoms with Crippen LogP contribution in [0.3, 0.4) is 0 Å². The second-order valence-corrected chi connectivity index (χ2v) is 4.93. The fourth-order valence-electron chi connectivity index (χ4n) is 2.09. The molecule has 1 fully saturated rings. The van der Waals surface area contributed by atoms with Crippen molar-refractivity contribution in [2.24, 2.45) is 0 Å². The Hall–Kier alpha value is -2.61. The molecule has 1 aromatic carbocycles. The summed E-state index contributed by atoms with van der Waals surface area (Å²) in [6.07, 6.45) is 1.59. The van der Waals surface area contributed by atoms with E-state index in [9.17, 15) is 9.59 Å². The Labute approximate surface area is 138 Å². The number of esters is 1. The Morgan fingerprint density at radius 1 is 1.30 bits per heavy atom. The van der Waals surface area contributed by atoms with Crippen molar-refractivity contribution >= 4 is 35.3 Å². The van der Waals surface area contributed by atoms with Crippen LogP contribution in [-0.4, -0.2) is 49.8 Å². The maximum Gasteiger partial charge on any atom is 0.325 e. The number of hydrogen-bond donors (Lipinski definition) is 1. The van der Waals surface area contributed by atoms with Crippen LogP contribution >= 0.6 is 12.2 Å². The molecular formula is C15H16N2O5S. The average molecular weight is 336 g/mol. The van der Waals surface area contributed by atoms with Crippen molar-refractivity contribution in [3.63, 3.8) is 0 Å². The molecule has 1 aromatic rings. The molecule has 0 aliphatic carbocycles. The average Bonchev–Trinajstić information content (AvgIpc) is 2.81. The summed E-state index contributed by atoms with van der Waals surface area (Å²) in [5, 5.41) is 2.93. The van der Waals surface area contributed by atoms with Gasteiger partial charge in [0.15, 0.2) is 16.6 Å². The number of nitrogens with zero attached hydrogens (tertiary/aromatic N) is 1. The first-order chi connectivity index (χ1) is 11.0. The highest BCUT2D eigenvalue weighted by molar-refractivity contribution is 7.80. The van der Waals surface area contributed by atoms with Gasteiger partial charge in [-0.05, 0) is 24.4 Å². The van der Waals surface area contributed by atoms with Gasteiger partial charge in [-0.1, -0.05) is 12.1 Å². The molecule has 1 saturated heterocycles. The number of hydrogen-bond acceptors (Lipinski definition) is 6. The van der Waals surface area contributed by atoms with Crippen LogP contribution in [0, 0.1) is 0 Å². The largest absolute Gasteiger partial charge is 0.493 e. The van der Waals surface area contributed by atoms with E-state index in [1.165, 1.54) is 21.3 Å². The van der Waals surface area contributed by atoms with E-state index >= 15 is 0 Å².